The minimum Gasteiger partial charge on any atom is -0.263 e. The maximum atomic E-state index is 12.1. The molecule has 0 amide bonds. The third-order valence-corrected chi connectivity index (χ3v) is 3.89. The van der Waals surface area contributed by atoms with Crippen LogP contribution < -0.4 is 4.72 Å². The minimum atomic E-state index is -3.72. The van der Waals surface area contributed by atoms with Crippen LogP contribution in [0.25, 0.3) is 0 Å². The molecule has 0 unspecified atom stereocenters. The van der Waals surface area contributed by atoms with Crippen LogP contribution in [0, 0.1) is 18.3 Å². The van der Waals surface area contributed by atoms with Crippen molar-refractivity contribution in [1.29, 1.82) is 5.26 Å². The van der Waals surface area contributed by atoms with E-state index in [0.29, 0.717) is 5.56 Å². The zero-order valence-corrected chi connectivity index (χ0v) is 10.3. The van der Waals surface area contributed by atoms with Crippen molar-refractivity contribution in [2.45, 2.75) is 11.8 Å². The van der Waals surface area contributed by atoms with Gasteiger partial charge in [0.1, 0.15) is 11.6 Å². The lowest BCUT2D eigenvalue weighted by atomic mass is 10.2. The van der Waals surface area contributed by atoms with Crippen molar-refractivity contribution in [2.75, 3.05) is 4.72 Å². The highest BCUT2D eigenvalue weighted by Crippen LogP contribution is 2.19. The molecule has 92 valence electrons. The van der Waals surface area contributed by atoms with Crippen molar-refractivity contribution in [3.8, 4) is 6.07 Å². The summed E-state index contributed by atoms with van der Waals surface area (Å²) in [7, 11) is -3.72. The van der Waals surface area contributed by atoms with Crippen molar-refractivity contribution in [1.82, 2.24) is 10.2 Å². The molecule has 2 rings (SSSR count). The molecule has 0 saturated carbocycles. The summed E-state index contributed by atoms with van der Waals surface area (Å²) >= 11 is 0. The van der Waals surface area contributed by atoms with Crippen LogP contribution in [0.15, 0.2) is 35.4 Å². The summed E-state index contributed by atoms with van der Waals surface area (Å²) in [5, 5.41) is 14.8. The smallest absolute Gasteiger partial charge is 0.263 e. The van der Waals surface area contributed by atoms with Gasteiger partial charge in [0.15, 0.2) is 5.82 Å². The standard InChI is InChI=1S/C11H10N4O2S/c1-8-4-2-3-5-10(8)18(16,17)15-11-9(6-12)7-13-14-11/h2-5,7H,1H3,(H2,13,14,15). The second-order valence-corrected chi connectivity index (χ2v) is 5.29. The van der Waals surface area contributed by atoms with Crippen LogP contribution in [0.2, 0.25) is 0 Å². The first-order valence-corrected chi connectivity index (χ1v) is 6.55. The largest absolute Gasteiger partial charge is 0.263 e. The first-order valence-electron chi connectivity index (χ1n) is 5.06. The second-order valence-electron chi connectivity index (χ2n) is 3.64. The Hall–Kier alpha value is -2.33. The van der Waals surface area contributed by atoms with Gasteiger partial charge in [0.25, 0.3) is 10.0 Å². The topological polar surface area (TPSA) is 98.6 Å². The van der Waals surface area contributed by atoms with Crippen LogP contribution in [-0.2, 0) is 10.0 Å². The van der Waals surface area contributed by atoms with Gasteiger partial charge in [0.2, 0.25) is 0 Å². The summed E-state index contributed by atoms with van der Waals surface area (Å²) in [6, 6.07) is 8.44. The van der Waals surface area contributed by atoms with Crippen LogP contribution in [-0.4, -0.2) is 18.6 Å². The number of sulfonamides is 1. The van der Waals surface area contributed by atoms with E-state index >= 15 is 0 Å². The van der Waals surface area contributed by atoms with Gasteiger partial charge in [0.05, 0.1) is 11.1 Å². The number of H-pyrrole nitrogens is 1. The van der Waals surface area contributed by atoms with Gasteiger partial charge in [-0.2, -0.15) is 10.4 Å². The number of benzene rings is 1. The summed E-state index contributed by atoms with van der Waals surface area (Å²) in [5.41, 5.74) is 0.773. The molecule has 0 radical (unpaired) electrons. The Balaban J connectivity index is 2.41. The van der Waals surface area contributed by atoms with Crippen molar-refractivity contribution in [3.63, 3.8) is 0 Å². The fourth-order valence-electron chi connectivity index (χ4n) is 1.50. The Kier molecular flexibility index (Phi) is 3.04. The summed E-state index contributed by atoms with van der Waals surface area (Å²) < 4.78 is 26.5. The van der Waals surface area contributed by atoms with Crippen LogP contribution in [0.1, 0.15) is 11.1 Å². The zero-order valence-electron chi connectivity index (χ0n) is 9.51. The van der Waals surface area contributed by atoms with Gasteiger partial charge in [-0.15, -0.1) is 0 Å². The predicted molar refractivity (Wildman–Crippen MR) is 65.3 cm³/mol. The Bertz CT molecular complexity index is 713. The summed E-state index contributed by atoms with van der Waals surface area (Å²) in [4.78, 5) is 0.170. The molecule has 1 aromatic heterocycles. The van der Waals surface area contributed by atoms with E-state index in [1.165, 1.54) is 12.3 Å². The summed E-state index contributed by atoms with van der Waals surface area (Å²) in [6.07, 6.45) is 1.26. The van der Waals surface area contributed by atoms with Crippen LogP contribution in [0.3, 0.4) is 0 Å². The Morgan fingerprint density at radius 3 is 2.78 bits per heavy atom. The highest BCUT2D eigenvalue weighted by Gasteiger charge is 2.18. The molecule has 0 fully saturated rings. The van der Waals surface area contributed by atoms with Crippen LogP contribution in [0.4, 0.5) is 5.82 Å². The van der Waals surface area contributed by atoms with E-state index in [-0.39, 0.29) is 16.3 Å². The number of hydrogen-bond donors (Lipinski definition) is 2. The maximum absolute atomic E-state index is 12.1. The molecule has 1 aromatic carbocycles. The quantitative estimate of drug-likeness (QED) is 0.873. The lowest BCUT2D eigenvalue weighted by Crippen LogP contribution is -2.15. The molecule has 0 aliphatic heterocycles. The summed E-state index contributed by atoms with van der Waals surface area (Å²) in [5.74, 6) is 0.0701. The molecule has 6 nitrogen and oxygen atoms in total. The molecule has 0 atom stereocenters. The molecule has 18 heavy (non-hydrogen) atoms. The lowest BCUT2D eigenvalue weighted by Gasteiger charge is -2.08. The van der Waals surface area contributed by atoms with E-state index in [4.69, 9.17) is 5.26 Å². The van der Waals surface area contributed by atoms with Gasteiger partial charge in [-0.3, -0.25) is 9.82 Å². The molecule has 2 aromatic rings. The first kappa shape index (κ1) is 12.1. The van der Waals surface area contributed by atoms with Crippen LogP contribution in [0.5, 0.6) is 0 Å². The van der Waals surface area contributed by atoms with E-state index in [2.05, 4.69) is 14.9 Å². The molecule has 1 heterocycles. The van der Waals surface area contributed by atoms with Gasteiger partial charge < -0.3 is 0 Å². The molecule has 7 heteroatoms. The number of rotatable bonds is 3. The second kappa shape index (κ2) is 4.50. The first-order chi connectivity index (χ1) is 8.54. The molecule has 0 saturated heterocycles. The van der Waals surface area contributed by atoms with Gasteiger partial charge in [-0.25, -0.2) is 8.42 Å². The Labute approximate surface area is 104 Å². The fraction of sp³-hybridized carbons (Fsp3) is 0.0909. The summed E-state index contributed by atoms with van der Waals surface area (Å²) in [6.45, 7) is 1.70. The highest BCUT2D eigenvalue weighted by atomic mass is 32.2. The number of nitriles is 1. The van der Waals surface area contributed by atoms with E-state index < -0.39 is 10.0 Å². The van der Waals surface area contributed by atoms with E-state index in [9.17, 15) is 8.42 Å². The fourth-order valence-corrected chi connectivity index (χ4v) is 2.78. The molecule has 0 aliphatic carbocycles. The number of nitrogens with zero attached hydrogens (tertiary/aromatic N) is 2. The third kappa shape index (κ3) is 2.19. The number of anilines is 1. The van der Waals surface area contributed by atoms with Gasteiger partial charge in [-0.1, -0.05) is 18.2 Å². The number of aryl methyl sites for hydroxylation is 1. The van der Waals surface area contributed by atoms with E-state index in [1.807, 2.05) is 6.07 Å². The van der Waals surface area contributed by atoms with Crippen molar-refractivity contribution < 1.29 is 8.42 Å². The average Bonchev–Trinajstić information content (AvgIpc) is 2.76. The van der Waals surface area contributed by atoms with Crippen LogP contribution >= 0.6 is 0 Å². The molecule has 0 bridgehead atoms. The maximum Gasteiger partial charge on any atom is 0.263 e. The third-order valence-electron chi connectivity index (χ3n) is 2.38. The van der Waals surface area contributed by atoms with Gasteiger partial charge >= 0.3 is 0 Å². The number of nitrogens with one attached hydrogen (secondary N) is 2. The number of aromatic nitrogens is 2. The SMILES string of the molecule is Cc1ccccc1S(=O)(=O)Nc1[nH]ncc1C#N. The van der Waals surface area contributed by atoms with E-state index in [1.54, 1.807) is 25.1 Å². The van der Waals surface area contributed by atoms with Crippen molar-refractivity contribution in [2.24, 2.45) is 0 Å². The normalized spacial score (nSPS) is 10.9. The Morgan fingerprint density at radius 2 is 2.11 bits per heavy atom. The Morgan fingerprint density at radius 1 is 1.39 bits per heavy atom. The molecule has 2 N–H and O–H groups in total. The molecular formula is C11H10N4O2S. The molecule has 0 spiro atoms. The number of hydrogen-bond acceptors (Lipinski definition) is 4. The van der Waals surface area contributed by atoms with Crippen molar-refractivity contribution >= 4 is 15.8 Å². The van der Waals surface area contributed by atoms with Crippen molar-refractivity contribution in [3.05, 3.63) is 41.6 Å². The minimum absolute atomic E-state index is 0.0701. The highest BCUT2D eigenvalue weighted by molar-refractivity contribution is 7.92. The average molecular weight is 262 g/mol. The zero-order chi connectivity index (χ0) is 13.2. The monoisotopic (exact) mass is 262 g/mol. The van der Waals surface area contributed by atoms with Gasteiger partial charge in [-0.05, 0) is 18.6 Å². The predicted octanol–water partition coefficient (Wildman–Crippen LogP) is 1.39. The van der Waals surface area contributed by atoms with Gasteiger partial charge in [0, 0.05) is 0 Å². The molecule has 0 aliphatic rings. The lowest BCUT2D eigenvalue weighted by molar-refractivity contribution is 0.600. The van der Waals surface area contributed by atoms with E-state index in [0.717, 1.165) is 0 Å². The number of aromatic amines is 1. The molecular weight excluding hydrogens is 252 g/mol.